The predicted molar refractivity (Wildman–Crippen MR) is 93.6 cm³/mol. The van der Waals surface area contributed by atoms with E-state index in [1.54, 1.807) is 17.0 Å². The Morgan fingerprint density at radius 2 is 2.12 bits per heavy atom. The summed E-state index contributed by atoms with van der Waals surface area (Å²) in [4.78, 5) is 37.9. The maximum Gasteiger partial charge on any atom is 0.310 e. The Labute approximate surface area is 150 Å². The molecule has 0 saturated carbocycles. The lowest BCUT2D eigenvalue weighted by molar-refractivity contribution is -0.144. The fourth-order valence-corrected chi connectivity index (χ4v) is 2.93. The van der Waals surface area contributed by atoms with E-state index in [1.807, 2.05) is 0 Å². The van der Waals surface area contributed by atoms with Crippen molar-refractivity contribution in [1.82, 2.24) is 4.90 Å². The normalized spacial score (nSPS) is 16.6. The van der Waals surface area contributed by atoms with E-state index in [0.717, 1.165) is 0 Å². The molecule has 0 spiro atoms. The fourth-order valence-electron chi connectivity index (χ4n) is 2.93. The van der Waals surface area contributed by atoms with Crippen LogP contribution in [0.3, 0.4) is 0 Å². The summed E-state index contributed by atoms with van der Waals surface area (Å²) in [5.74, 6) is -0.423. The number of halogens is 1. The van der Waals surface area contributed by atoms with Crippen molar-refractivity contribution in [3.8, 4) is 0 Å². The Bertz CT molecular complexity index is 864. The van der Waals surface area contributed by atoms with Crippen molar-refractivity contribution in [3.05, 3.63) is 45.8 Å². The van der Waals surface area contributed by atoms with E-state index in [0.29, 0.717) is 41.8 Å². The average Bonchev–Trinajstić information content (AvgIpc) is 3.10. The van der Waals surface area contributed by atoms with E-state index in [-0.39, 0.29) is 42.2 Å². The van der Waals surface area contributed by atoms with Crippen LogP contribution >= 0.6 is 12.4 Å². The summed E-state index contributed by atoms with van der Waals surface area (Å²) in [6, 6.07) is 6.06. The number of likely N-dealkylation sites (tertiary alicyclic amines) is 1. The van der Waals surface area contributed by atoms with Crippen molar-refractivity contribution in [1.29, 1.82) is 0 Å². The Hall–Kier alpha value is -2.38. The molecule has 1 aliphatic rings. The lowest BCUT2D eigenvalue weighted by Gasteiger charge is -2.16. The highest BCUT2D eigenvalue weighted by Crippen LogP contribution is 2.21. The number of nitrogens with two attached hydrogens (primary N) is 1. The summed E-state index contributed by atoms with van der Waals surface area (Å²) < 4.78 is 10.2. The van der Waals surface area contributed by atoms with Crippen LogP contribution in [0.2, 0.25) is 0 Å². The molecule has 134 valence electrons. The third kappa shape index (κ3) is 3.67. The van der Waals surface area contributed by atoms with Crippen LogP contribution in [0.15, 0.2) is 33.5 Å². The molecule has 0 radical (unpaired) electrons. The minimum absolute atomic E-state index is 0. The number of carbonyl (C=O) groups is 2. The molecule has 0 bridgehead atoms. The Balaban J connectivity index is 0.00000225. The van der Waals surface area contributed by atoms with Gasteiger partial charge < -0.3 is 19.8 Å². The largest absolute Gasteiger partial charge is 0.469 e. The maximum atomic E-state index is 12.6. The van der Waals surface area contributed by atoms with Gasteiger partial charge in [0, 0.05) is 24.7 Å². The quantitative estimate of drug-likeness (QED) is 0.821. The van der Waals surface area contributed by atoms with E-state index in [4.69, 9.17) is 14.9 Å². The smallest absolute Gasteiger partial charge is 0.310 e. The number of ether oxygens (including phenoxy) is 1. The van der Waals surface area contributed by atoms with Crippen LogP contribution in [0.25, 0.3) is 11.0 Å². The van der Waals surface area contributed by atoms with Crippen molar-refractivity contribution in [2.24, 2.45) is 11.7 Å². The fraction of sp³-hybridized carbons (Fsp3) is 0.353. The summed E-state index contributed by atoms with van der Waals surface area (Å²) >= 11 is 0. The van der Waals surface area contributed by atoms with Gasteiger partial charge in [0.25, 0.3) is 5.91 Å². The van der Waals surface area contributed by atoms with Crippen molar-refractivity contribution >= 4 is 35.3 Å². The first-order chi connectivity index (χ1) is 11.5. The van der Waals surface area contributed by atoms with Gasteiger partial charge in [-0.15, -0.1) is 12.4 Å². The van der Waals surface area contributed by atoms with Gasteiger partial charge >= 0.3 is 5.97 Å². The molecule has 0 unspecified atom stereocenters. The van der Waals surface area contributed by atoms with E-state index in [2.05, 4.69) is 0 Å². The minimum Gasteiger partial charge on any atom is -0.469 e. The average molecular weight is 367 g/mol. The SMILES string of the molecule is COC(=O)[C@@H]1CCN(C(=O)c2ccc3oc(CN)cc(=O)c3c2)C1.Cl. The zero-order valence-electron chi connectivity index (χ0n) is 13.7. The molecule has 3 rings (SSSR count). The van der Waals surface area contributed by atoms with Crippen molar-refractivity contribution < 1.29 is 18.7 Å². The highest BCUT2D eigenvalue weighted by molar-refractivity contribution is 5.98. The zero-order valence-corrected chi connectivity index (χ0v) is 14.5. The molecule has 1 aliphatic heterocycles. The van der Waals surface area contributed by atoms with Gasteiger partial charge in [-0.2, -0.15) is 0 Å². The standard InChI is InChI=1S/C17H18N2O5.ClH/c1-23-17(22)11-4-5-19(9-11)16(21)10-2-3-15-13(6-10)14(20)7-12(8-18)24-15;/h2-3,6-7,11H,4-5,8-9,18H2,1H3;1H/t11-;/m1./s1. The molecule has 0 aliphatic carbocycles. The molecule has 1 saturated heterocycles. The monoisotopic (exact) mass is 366 g/mol. The number of rotatable bonds is 3. The van der Waals surface area contributed by atoms with Gasteiger partial charge in [0.2, 0.25) is 0 Å². The lowest BCUT2D eigenvalue weighted by Crippen LogP contribution is -2.30. The summed E-state index contributed by atoms with van der Waals surface area (Å²) in [7, 11) is 1.34. The summed E-state index contributed by atoms with van der Waals surface area (Å²) in [6.45, 7) is 0.941. The maximum absolute atomic E-state index is 12.6. The molecule has 1 amide bonds. The van der Waals surface area contributed by atoms with Gasteiger partial charge in [0.05, 0.1) is 25.0 Å². The van der Waals surface area contributed by atoms with Crippen LogP contribution in [0.5, 0.6) is 0 Å². The van der Waals surface area contributed by atoms with Crippen LogP contribution in [-0.2, 0) is 16.1 Å². The summed E-state index contributed by atoms with van der Waals surface area (Å²) in [5.41, 5.74) is 6.04. The third-order valence-corrected chi connectivity index (χ3v) is 4.24. The van der Waals surface area contributed by atoms with E-state index < -0.39 is 0 Å². The number of hydrogen-bond acceptors (Lipinski definition) is 6. The molecule has 8 heteroatoms. The molecule has 7 nitrogen and oxygen atoms in total. The van der Waals surface area contributed by atoms with Crippen LogP contribution in [0.4, 0.5) is 0 Å². The van der Waals surface area contributed by atoms with Gasteiger partial charge in [-0.3, -0.25) is 14.4 Å². The topological polar surface area (TPSA) is 103 Å². The van der Waals surface area contributed by atoms with Crippen LogP contribution < -0.4 is 11.2 Å². The van der Waals surface area contributed by atoms with E-state index in [9.17, 15) is 14.4 Å². The van der Waals surface area contributed by atoms with E-state index >= 15 is 0 Å². The molecule has 2 heterocycles. The molecule has 1 aromatic carbocycles. The van der Waals surface area contributed by atoms with Gasteiger partial charge in [-0.05, 0) is 24.6 Å². The molecular formula is C17H19ClN2O5. The highest BCUT2D eigenvalue weighted by atomic mass is 35.5. The minimum atomic E-state index is -0.307. The number of methoxy groups -OCH3 is 1. The molecule has 2 N–H and O–H groups in total. The number of nitrogens with zero attached hydrogens (tertiary/aromatic N) is 1. The Kier molecular flexibility index (Phi) is 5.81. The number of amides is 1. The molecule has 1 atom stereocenters. The van der Waals surface area contributed by atoms with Crippen LogP contribution in [-0.4, -0.2) is 37.0 Å². The molecular weight excluding hydrogens is 348 g/mol. The summed E-state index contributed by atoms with van der Waals surface area (Å²) in [5, 5.41) is 0.335. The second kappa shape index (κ2) is 7.67. The van der Waals surface area contributed by atoms with Crippen molar-refractivity contribution in [2.75, 3.05) is 20.2 Å². The Morgan fingerprint density at radius 1 is 1.36 bits per heavy atom. The third-order valence-electron chi connectivity index (χ3n) is 4.24. The number of hydrogen-bond donors (Lipinski definition) is 1. The van der Waals surface area contributed by atoms with Gasteiger partial charge in [-0.1, -0.05) is 0 Å². The number of carbonyl (C=O) groups excluding carboxylic acids is 2. The van der Waals surface area contributed by atoms with Gasteiger partial charge in [0.1, 0.15) is 11.3 Å². The molecule has 1 aromatic heterocycles. The summed E-state index contributed by atoms with van der Waals surface area (Å²) in [6.07, 6.45) is 0.577. The van der Waals surface area contributed by atoms with Crippen LogP contribution in [0.1, 0.15) is 22.5 Å². The second-order valence-electron chi connectivity index (χ2n) is 5.75. The lowest BCUT2D eigenvalue weighted by atomic mass is 10.1. The van der Waals surface area contributed by atoms with Crippen molar-refractivity contribution in [2.45, 2.75) is 13.0 Å². The zero-order chi connectivity index (χ0) is 17.3. The Morgan fingerprint density at radius 3 is 2.80 bits per heavy atom. The first-order valence-electron chi connectivity index (χ1n) is 7.67. The highest BCUT2D eigenvalue weighted by Gasteiger charge is 2.32. The van der Waals surface area contributed by atoms with E-state index in [1.165, 1.54) is 19.2 Å². The number of fused-ring (bicyclic) bond motifs is 1. The van der Waals surface area contributed by atoms with Crippen LogP contribution in [0, 0.1) is 5.92 Å². The predicted octanol–water partition coefficient (Wildman–Crippen LogP) is 1.31. The molecule has 2 aromatic rings. The van der Waals surface area contributed by atoms with Gasteiger partial charge in [0.15, 0.2) is 5.43 Å². The molecule has 25 heavy (non-hydrogen) atoms. The first-order valence-corrected chi connectivity index (χ1v) is 7.67. The number of benzene rings is 1. The van der Waals surface area contributed by atoms with Crippen molar-refractivity contribution in [3.63, 3.8) is 0 Å². The molecule has 1 fully saturated rings. The number of esters is 1. The van der Waals surface area contributed by atoms with Gasteiger partial charge in [-0.25, -0.2) is 0 Å². The second-order valence-corrected chi connectivity index (χ2v) is 5.75. The first kappa shape index (κ1) is 19.0.